The lowest BCUT2D eigenvalue weighted by Crippen LogP contribution is -2.48. The van der Waals surface area contributed by atoms with E-state index in [0.29, 0.717) is 43.2 Å². The zero-order chi connectivity index (χ0) is 24.5. The highest BCUT2D eigenvalue weighted by molar-refractivity contribution is 7.89. The molecule has 1 aromatic heterocycles. The van der Waals surface area contributed by atoms with Crippen molar-refractivity contribution in [2.24, 2.45) is 0 Å². The molecule has 1 fully saturated rings. The Balaban J connectivity index is 1.44. The number of hydrogen-bond acceptors (Lipinski definition) is 7. The third-order valence-electron chi connectivity index (χ3n) is 5.74. The van der Waals surface area contributed by atoms with Crippen LogP contribution in [0.5, 0.6) is 11.5 Å². The Bertz CT molecular complexity index is 1290. The molecule has 11 heteroatoms. The van der Waals surface area contributed by atoms with Crippen LogP contribution in [0.4, 0.5) is 5.13 Å². The first kappa shape index (κ1) is 25.1. The standard InChI is InChI=1S/C23H25Cl2N3O4S2/c1-15-10-22(20(25)13-19(15)24)34(29,30)28-8-6-27(7-9-28)23-26-17(14-33-23)11-16-12-18(31-2)4-5-21(16)32-3/h4-5,10,12-14H,6-9,11H2,1-3H3. The van der Waals surface area contributed by atoms with Gasteiger partial charge >= 0.3 is 0 Å². The first-order chi connectivity index (χ1) is 16.2. The lowest BCUT2D eigenvalue weighted by atomic mass is 10.1. The second kappa shape index (κ2) is 10.3. The van der Waals surface area contributed by atoms with Crippen LogP contribution in [0.15, 0.2) is 40.6 Å². The van der Waals surface area contributed by atoms with Crippen LogP contribution in [-0.2, 0) is 16.4 Å². The van der Waals surface area contributed by atoms with Gasteiger partial charge in [0.1, 0.15) is 16.4 Å². The van der Waals surface area contributed by atoms with Gasteiger partial charge in [-0.05, 0) is 42.8 Å². The van der Waals surface area contributed by atoms with Gasteiger partial charge in [0, 0.05) is 48.6 Å². The third-order valence-corrected chi connectivity index (χ3v) is 9.46. The van der Waals surface area contributed by atoms with Gasteiger partial charge < -0.3 is 14.4 Å². The molecule has 2 heterocycles. The van der Waals surface area contributed by atoms with Crippen molar-refractivity contribution in [3.8, 4) is 11.5 Å². The number of aryl methyl sites for hydroxylation is 1. The second-order valence-corrected chi connectivity index (χ2v) is 11.5. The normalized spacial score (nSPS) is 14.9. The SMILES string of the molecule is COc1ccc(OC)c(Cc2csc(N3CCN(S(=O)(=O)c4cc(C)c(Cl)cc4Cl)CC3)n2)c1. The second-order valence-electron chi connectivity index (χ2n) is 7.90. The predicted molar refractivity (Wildman–Crippen MR) is 137 cm³/mol. The molecule has 4 rings (SSSR count). The Kier molecular flexibility index (Phi) is 7.59. The number of halogens is 2. The molecule has 0 aliphatic carbocycles. The number of aromatic nitrogens is 1. The zero-order valence-electron chi connectivity index (χ0n) is 19.0. The van der Waals surface area contributed by atoms with E-state index < -0.39 is 10.0 Å². The van der Waals surface area contributed by atoms with Gasteiger partial charge in [-0.25, -0.2) is 13.4 Å². The van der Waals surface area contributed by atoms with Gasteiger partial charge in [0.2, 0.25) is 10.0 Å². The number of nitrogens with zero attached hydrogens (tertiary/aromatic N) is 3. The molecule has 1 aliphatic rings. The highest BCUT2D eigenvalue weighted by atomic mass is 35.5. The van der Waals surface area contributed by atoms with E-state index in [0.717, 1.165) is 27.9 Å². The Morgan fingerprint density at radius 2 is 1.76 bits per heavy atom. The maximum Gasteiger partial charge on any atom is 0.244 e. The molecule has 0 unspecified atom stereocenters. The molecule has 0 spiro atoms. The Hall–Kier alpha value is -2.04. The number of methoxy groups -OCH3 is 2. The van der Waals surface area contributed by atoms with Crippen LogP contribution < -0.4 is 14.4 Å². The molecule has 1 aliphatic heterocycles. The zero-order valence-corrected chi connectivity index (χ0v) is 22.2. The first-order valence-electron chi connectivity index (χ1n) is 10.6. The number of anilines is 1. The summed E-state index contributed by atoms with van der Waals surface area (Å²) >= 11 is 13.8. The fourth-order valence-electron chi connectivity index (χ4n) is 3.83. The minimum atomic E-state index is -3.71. The van der Waals surface area contributed by atoms with Crippen molar-refractivity contribution >= 4 is 49.7 Å². The summed E-state index contributed by atoms with van der Waals surface area (Å²) in [6.07, 6.45) is 0.611. The highest BCUT2D eigenvalue weighted by Gasteiger charge is 2.31. The maximum atomic E-state index is 13.2. The van der Waals surface area contributed by atoms with Crippen LogP contribution in [0, 0.1) is 6.92 Å². The molecule has 0 saturated carbocycles. The summed E-state index contributed by atoms with van der Waals surface area (Å²) in [5.41, 5.74) is 2.58. The molecule has 2 aromatic carbocycles. The lowest BCUT2D eigenvalue weighted by molar-refractivity contribution is 0.384. The fourth-order valence-corrected chi connectivity index (χ4v) is 6.93. The largest absolute Gasteiger partial charge is 0.497 e. The summed E-state index contributed by atoms with van der Waals surface area (Å²) in [7, 11) is -0.438. The van der Waals surface area contributed by atoms with Crippen molar-refractivity contribution < 1.29 is 17.9 Å². The Morgan fingerprint density at radius 1 is 1.03 bits per heavy atom. The molecule has 0 N–H and O–H groups in total. The molecule has 0 amide bonds. The number of thiazole rings is 1. The molecule has 7 nitrogen and oxygen atoms in total. The van der Waals surface area contributed by atoms with Crippen LogP contribution in [0.3, 0.4) is 0 Å². The van der Waals surface area contributed by atoms with Crippen molar-refractivity contribution in [3.05, 3.63) is 62.6 Å². The average Bonchev–Trinajstić information content (AvgIpc) is 3.29. The van der Waals surface area contributed by atoms with E-state index >= 15 is 0 Å². The van der Waals surface area contributed by atoms with E-state index in [1.807, 2.05) is 23.6 Å². The summed E-state index contributed by atoms with van der Waals surface area (Å²) < 4.78 is 38.6. The Morgan fingerprint density at radius 3 is 2.44 bits per heavy atom. The van der Waals surface area contributed by atoms with Crippen LogP contribution in [0.1, 0.15) is 16.8 Å². The van der Waals surface area contributed by atoms with E-state index in [1.165, 1.54) is 16.4 Å². The first-order valence-corrected chi connectivity index (χ1v) is 13.7. The molecule has 0 atom stereocenters. The van der Waals surface area contributed by atoms with Crippen molar-refractivity contribution in [2.45, 2.75) is 18.2 Å². The number of ether oxygens (including phenoxy) is 2. The summed E-state index contributed by atoms with van der Waals surface area (Å²) in [6.45, 7) is 3.53. The maximum absolute atomic E-state index is 13.2. The molecule has 1 saturated heterocycles. The Labute approximate surface area is 213 Å². The van der Waals surface area contributed by atoms with Gasteiger partial charge in [0.25, 0.3) is 0 Å². The molecular weight excluding hydrogens is 517 g/mol. The van der Waals surface area contributed by atoms with Gasteiger partial charge in [-0.1, -0.05) is 23.2 Å². The van der Waals surface area contributed by atoms with Gasteiger partial charge in [-0.3, -0.25) is 0 Å². The minimum Gasteiger partial charge on any atom is -0.497 e. The topological polar surface area (TPSA) is 72.0 Å². The fraction of sp³-hybridized carbons (Fsp3) is 0.348. The number of sulfonamides is 1. The van der Waals surface area contributed by atoms with Crippen LogP contribution in [0.25, 0.3) is 0 Å². The molecular formula is C23H25Cl2N3O4S2. The van der Waals surface area contributed by atoms with E-state index in [1.54, 1.807) is 32.5 Å². The molecule has 0 radical (unpaired) electrons. The number of rotatable bonds is 7. The van der Waals surface area contributed by atoms with Gasteiger partial charge in [-0.2, -0.15) is 4.31 Å². The van der Waals surface area contributed by atoms with Gasteiger partial charge in [-0.15, -0.1) is 11.3 Å². The number of hydrogen-bond donors (Lipinski definition) is 0. The van der Waals surface area contributed by atoms with Crippen molar-refractivity contribution in [3.63, 3.8) is 0 Å². The van der Waals surface area contributed by atoms with Crippen LogP contribution >= 0.6 is 34.5 Å². The predicted octanol–water partition coefficient (Wildman–Crippen LogP) is 4.88. The minimum absolute atomic E-state index is 0.0910. The van der Waals surface area contributed by atoms with Crippen LogP contribution in [-0.4, -0.2) is 58.1 Å². The summed E-state index contributed by atoms with van der Waals surface area (Å²) in [5.74, 6) is 1.55. The molecule has 0 bridgehead atoms. The van der Waals surface area contributed by atoms with E-state index in [4.69, 9.17) is 37.7 Å². The van der Waals surface area contributed by atoms with Gasteiger partial charge in [0.15, 0.2) is 5.13 Å². The highest BCUT2D eigenvalue weighted by Crippen LogP contribution is 2.32. The van der Waals surface area contributed by atoms with Crippen molar-refractivity contribution in [1.29, 1.82) is 0 Å². The van der Waals surface area contributed by atoms with E-state index in [2.05, 4.69) is 4.90 Å². The summed E-state index contributed by atoms with van der Waals surface area (Å²) in [5, 5.41) is 3.47. The van der Waals surface area contributed by atoms with Crippen LogP contribution in [0.2, 0.25) is 10.0 Å². The van der Waals surface area contributed by atoms with Gasteiger partial charge in [0.05, 0.1) is 24.9 Å². The monoisotopic (exact) mass is 541 g/mol. The molecule has 34 heavy (non-hydrogen) atoms. The molecule has 3 aromatic rings. The van der Waals surface area contributed by atoms with Crippen molar-refractivity contribution in [2.75, 3.05) is 45.3 Å². The smallest absolute Gasteiger partial charge is 0.244 e. The quantitative estimate of drug-likeness (QED) is 0.424. The van der Waals surface area contributed by atoms with E-state index in [-0.39, 0.29) is 9.92 Å². The number of benzene rings is 2. The summed E-state index contributed by atoms with van der Waals surface area (Å²) in [4.78, 5) is 6.99. The third kappa shape index (κ3) is 5.13. The van der Waals surface area contributed by atoms with Crippen molar-refractivity contribution in [1.82, 2.24) is 9.29 Å². The molecule has 182 valence electrons. The van der Waals surface area contributed by atoms with E-state index in [9.17, 15) is 8.42 Å². The lowest BCUT2D eigenvalue weighted by Gasteiger charge is -2.34. The summed E-state index contributed by atoms with van der Waals surface area (Å²) in [6, 6.07) is 8.71. The average molecular weight is 543 g/mol. The number of piperazine rings is 1.